The van der Waals surface area contributed by atoms with Crippen molar-refractivity contribution in [2.24, 2.45) is 5.92 Å². The Balaban J connectivity index is 1.65. The minimum absolute atomic E-state index is 0.894. The average molecular weight is 275 g/mol. The predicted octanol–water partition coefficient (Wildman–Crippen LogP) is 2.68. The molecule has 112 valence electrons. The number of rotatable bonds is 6. The fourth-order valence-electron chi connectivity index (χ4n) is 3.03. The number of nitrogens with one attached hydrogen (secondary N) is 1. The van der Waals surface area contributed by atoms with Crippen LogP contribution in [-0.2, 0) is 0 Å². The van der Waals surface area contributed by atoms with Gasteiger partial charge in [-0.05, 0) is 64.5 Å². The van der Waals surface area contributed by atoms with Gasteiger partial charge in [-0.1, -0.05) is 18.2 Å². The Morgan fingerprint density at radius 2 is 1.90 bits per heavy atom. The van der Waals surface area contributed by atoms with Crippen LogP contribution in [0.2, 0.25) is 0 Å². The molecular weight excluding hydrogens is 246 g/mol. The Bertz CT molecular complexity index is 395. The standard InChI is InChI=1S/C17H29N3/c1-15-6-4-5-7-17(15)18-10-13-20-11-8-16(9-12-20)14-19(2)3/h4-7,16,18H,8-14H2,1-3H3. The summed E-state index contributed by atoms with van der Waals surface area (Å²) in [7, 11) is 4.36. The number of aryl methyl sites for hydroxylation is 1. The van der Waals surface area contributed by atoms with Gasteiger partial charge in [0, 0.05) is 25.3 Å². The fourth-order valence-corrected chi connectivity index (χ4v) is 3.03. The minimum Gasteiger partial charge on any atom is -0.384 e. The Kier molecular flexibility index (Phi) is 5.86. The molecular formula is C17H29N3. The topological polar surface area (TPSA) is 18.5 Å². The molecule has 0 aliphatic carbocycles. The lowest BCUT2D eigenvalue weighted by atomic mass is 9.96. The maximum absolute atomic E-state index is 3.55. The van der Waals surface area contributed by atoms with E-state index in [0.717, 1.165) is 19.0 Å². The lowest BCUT2D eigenvalue weighted by Gasteiger charge is -2.33. The van der Waals surface area contributed by atoms with Crippen LogP contribution in [-0.4, -0.2) is 56.6 Å². The molecule has 0 bridgehead atoms. The van der Waals surface area contributed by atoms with Crippen LogP contribution in [0.3, 0.4) is 0 Å². The molecule has 0 amide bonds. The van der Waals surface area contributed by atoms with E-state index in [9.17, 15) is 0 Å². The molecule has 20 heavy (non-hydrogen) atoms. The van der Waals surface area contributed by atoms with Gasteiger partial charge in [0.05, 0.1) is 0 Å². The highest BCUT2D eigenvalue weighted by molar-refractivity contribution is 5.50. The zero-order chi connectivity index (χ0) is 14.4. The van der Waals surface area contributed by atoms with E-state index in [-0.39, 0.29) is 0 Å². The van der Waals surface area contributed by atoms with Gasteiger partial charge in [-0.15, -0.1) is 0 Å². The van der Waals surface area contributed by atoms with Gasteiger partial charge in [-0.2, -0.15) is 0 Å². The molecule has 1 aromatic rings. The van der Waals surface area contributed by atoms with Gasteiger partial charge in [-0.25, -0.2) is 0 Å². The summed E-state index contributed by atoms with van der Waals surface area (Å²) in [4.78, 5) is 4.91. The lowest BCUT2D eigenvalue weighted by molar-refractivity contribution is 0.167. The van der Waals surface area contributed by atoms with Crippen molar-refractivity contribution in [2.75, 3.05) is 52.1 Å². The van der Waals surface area contributed by atoms with Crippen molar-refractivity contribution in [1.29, 1.82) is 0 Å². The number of para-hydroxylation sites is 1. The molecule has 1 aliphatic heterocycles. The zero-order valence-corrected chi connectivity index (χ0v) is 13.2. The number of hydrogen-bond donors (Lipinski definition) is 1. The van der Waals surface area contributed by atoms with Gasteiger partial charge in [0.25, 0.3) is 0 Å². The summed E-state index contributed by atoms with van der Waals surface area (Å²) in [5.74, 6) is 0.894. The third-order valence-electron chi connectivity index (χ3n) is 4.22. The Morgan fingerprint density at radius 3 is 2.55 bits per heavy atom. The van der Waals surface area contributed by atoms with E-state index in [1.807, 2.05) is 0 Å². The third kappa shape index (κ3) is 4.80. The first-order valence-electron chi connectivity index (χ1n) is 7.81. The predicted molar refractivity (Wildman–Crippen MR) is 87.4 cm³/mol. The maximum Gasteiger partial charge on any atom is 0.0370 e. The summed E-state index contributed by atoms with van der Waals surface area (Å²) in [6.45, 7) is 8.12. The molecule has 0 atom stereocenters. The number of benzene rings is 1. The molecule has 1 aromatic carbocycles. The zero-order valence-electron chi connectivity index (χ0n) is 13.2. The molecule has 3 nitrogen and oxygen atoms in total. The van der Waals surface area contributed by atoms with Crippen molar-refractivity contribution in [3.8, 4) is 0 Å². The first-order chi connectivity index (χ1) is 9.65. The van der Waals surface area contributed by atoms with Crippen LogP contribution in [0.4, 0.5) is 5.69 Å². The van der Waals surface area contributed by atoms with Crippen LogP contribution in [0.15, 0.2) is 24.3 Å². The molecule has 1 aliphatic rings. The quantitative estimate of drug-likeness (QED) is 0.861. The number of anilines is 1. The van der Waals surface area contributed by atoms with E-state index in [1.165, 1.54) is 43.7 Å². The normalized spacial score (nSPS) is 17.6. The fraction of sp³-hybridized carbons (Fsp3) is 0.647. The molecule has 1 N–H and O–H groups in total. The van der Waals surface area contributed by atoms with Crippen LogP contribution in [0.25, 0.3) is 0 Å². The molecule has 1 heterocycles. The summed E-state index contributed by atoms with van der Waals surface area (Å²) in [6, 6.07) is 8.52. The van der Waals surface area contributed by atoms with E-state index < -0.39 is 0 Å². The van der Waals surface area contributed by atoms with E-state index >= 15 is 0 Å². The second-order valence-electron chi connectivity index (χ2n) is 6.29. The van der Waals surface area contributed by atoms with Gasteiger partial charge in [0.2, 0.25) is 0 Å². The largest absolute Gasteiger partial charge is 0.384 e. The van der Waals surface area contributed by atoms with Crippen LogP contribution in [0.5, 0.6) is 0 Å². The molecule has 1 fully saturated rings. The molecule has 0 spiro atoms. The third-order valence-corrected chi connectivity index (χ3v) is 4.22. The first-order valence-corrected chi connectivity index (χ1v) is 7.81. The first kappa shape index (κ1) is 15.3. The summed E-state index contributed by atoms with van der Waals surface area (Å²) >= 11 is 0. The van der Waals surface area contributed by atoms with Gasteiger partial charge in [0.15, 0.2) is 0 Å². The van der Waals surface area contributed by atoms with Crippen molar-refractivity contribution in [3.63, 3.8) is 0 Å². The molecule has 1 saturated heterocycles. The molecule has 0 unspecified atom stereocenters. The lowest BCUT2D eigenvalue weighted by Crippen LogP contribution is -2.39. The van der Waals surface area contributed by atoms with E-state index in [0.29, 0.717) is 0 Å². The smallest absolute Gasteiger partial charge is 0.0370 e. The summed E-state index contributed by atoms with van der Waals surface area (Å²) in [5, 5.41) is 3.55. The van der Waals surface area contributed by atoms with Crippen molar-refractivity contribution in [3.05, 3.63) is 29.8 Å². The van der Waals surface area contributed by atoms with Crippen molar-refractivity contribution < 1.29 is 0 Å². The van der Waals surface area contributed by atoms with Gasteiger partial charge in [0.1, 0.15) is 0 Å². The van der Waals surface area contributed by atoms with Crippen molar-refractivity contribution in [2.45, 2.75) is 19.8 Å². The molecule has 2 rings (SSSR count). The second kappa shape index (κ2) is 7.65. The number of hydrogen-bond acceptors (Lipinski definition) is 3. The molecule has 3 heteroatoms. The van der Waals surface area contributed by atoms with Crippen molar-refractivity contribution in [1.82, 2.24) is 9.80 Å². The number of likely N-dealkylation sites (tertiary alicyclic amines) is 1. The van der Waals surface area contributed by atoms with Crippen LogP contribution >= 0.6 is 0 Å². The monoisotopic (exact) mass is 275 g/mol. The summed E-state index contributed by atoms with van der Waals surface area (Å²) in [6.07, 6.45) is 2.70. The number of nitrogens with zero attached hydrogens (tertiary/aromatic N) is 2. The highest BCUT2D eigenvalue weighted by Gasteiger charge is 2.19. The molecule has 0 radical (unpaired) electrons. The van der Waals surface area contributed by atoms with Crippen LogP contribution in [0, 0.1) is 12.8 Å². The Morgan fingerprint density at radius 1 is 1.20 bits per heavy atom. The summed E-state index contributed by atoms with van der Waals surface area (Å²) in [5.41, 5.74) is 2.60. The summed E-state index contributed by atoms with van der Waals surface area (Å²) < 4.78 is 0. The Hall–Kier alpha value is -1.06. The second-order valence-corrected chi connectivity index (χ2v) is 6.29. The van der Waals surface area contributed by atoms with Gasteiger partial charge in [-0.3, -0.25) is 0 Å². The highest BCUT2D eigenvalue weighted by Crippen LogP contribution is 2.18. The van der Waals surface area contributed by atoms with E-state index in [1.54, 1.807) is 0 Å². The Labute approximate surface area is 124 Å². The number of piperidine rings is 1. The van der Waals surface area contributed by atoms with Crippen LogP contribution in [0.1, 0.15) is 18.4 Å². The molecule has 0 saturated carbocycles. The van der Waals surface area contributed by atoms with Gasteiger partial charge < -0.3 is 15.1 Å². The highest BCUT2D eigenvalue weighted by atomic mass is 15.1. The molecule has 0 aromatic heterocycles. The van der Waals surface area contributed by atoms with E-state index in [4.69, 9.17) is 0 Å². The minimum atomic E-state index is 0.894. The SMILES string of the molecule is Cc1ccccc1NCCN1CCC(CN(C)C)CC1. The maximum atomic E-state index is 3.55. The average Bonchev–Trinajstić information content (AvgIpc) is 2.42. The van der Waals surface area contributed by atoms with Crippen molar-refractivity contribution >= 4 is 5.69 Å². The van der Waals surface area contributed by atoms with E-state index in [2.05, 4.69) is 60.4 Å². The van der Waals surface area contributed by atoms with Crippen LogP contribution < -0.4 is 5.32 Å². The van der Waals surface area contributed by atoms with Gasteiger partial charge >= 0.3 is 0 Å².